The van der Waals surface area contributed by atoms with Crippen LogP contribution in [0, 0.1) is 18.6 Å². The molecule has 0 radical (unpaired) electrons. The Labute approximate surface area is 126 Å². The Balaban J connectivity index is 1.98. The van der Waals surface area contributed by atoms with Crippen LogP contribution in [0.1, 0.15) is 34.1 Å². The number of aryl methyl sites for hydroxylation is 1. The Morgan fingerprint density at radius 2 is 2.14 bits per heavy atom. The molecule has 1 aromatic heterocycles. The standard InChI is InChI=1S/C16H15F2NO3/c1-9-4-5-22-15(9)16(21)19-8-11(20)7-14(19)12-6-10(17)2-3-13(12)18/h2-6,11,14,20H,7-8H2,1H3. The van der Waals surface area contributed by atoms with Gasteiger partial charge < -0.3 is 14.4 Å². The van der Waals surface area contributed by atoms with Crippen molar-refractivity contribution in [3.8, 4) is 0 Å². The molecule has 1 aliphatic rings. The molecule has 2 heterocycles. The van der Waals surface area contributed by atoms with E-state index < -0.39 is 29.7 Å². The van der Waals surface area contributed by atoms with Crippen LogP contribution in [0.4, 0.5) is 8.78 Å². The van der Waals surface area contributed by atoms with Crippen LogP contribution in [0.25, 0.3) is 0 Å². The van der Waals surface area contributed by atoms with Gasteiger partial charge in [-0.05, 0) is 37.6 Å². The summed E-state index contributed by atoms with van der Waals surface area (Å²) in [6.45, 7) is 1.78. The van der Waals surface area contributed by atoms with E-state index in [1.807, 2.05) is 0 Å². The van der Waals surface area contributed by atoms with E-state index in [1.165, 1.54) is 11.2 Å². The number of hydrogen-bond acceptors (Lipinski definition) is 3. The first-order valence-electron chi connectivity index (χ1n) is 6.95. The Bertz CT molecular complexity index is 713. The predicted molar refractivity (Wildman–Crippen MR) is 74.2 cm³/mol. The van der Waals surface area contributed by atoms with Crippen LogP contribution >= 0.6 is 0 Å². The van der Waals surface area contributed by atoms with Gasteiger partial charge in [-0.3, -0.25) is 4.79 Å². The number of β-amino-alcohol motifs (C(OH)–C–C–N with tert-alkyl or cyclic N) is 1. The summed E-state index contributed by atoms with van der Waals surface area (Å²) in [5, 5.41) is 9.87. The Kier molecular flexibility index (Phi) is 3.70. The number of halogens is 2. The quantitative estimate of drug-likeness (QED) is 0.928. The summed E-state index contributed by atoms with van der Waals surface area (Å²) >= 11 is 0. The molecule has 1 N–H and O–H groups in total. The first-order valence-corrected chi connectivity index (χ1v) is 6.95. The van der Waals surface area contributed by atoms with Gasteiger partial charge in [0.05, 0.1) is 18.4 Å². The van der Waals surface area contributed by atoms with Gasteiger partial charge in [0.1, 0.15) is 11.6 Å². The van der Waals surface area contributed by atoms with Crippen molar-refractivity contribution in [2.45, 2.75) is 25.5 Å². The maximum atomic E-state index is 14.0. The van der Waals surface area contributed by atoms with Gasteiger partial charge >= 0.3 is 0 Å². The van der Waals surface area contributed by atoms with E-state index in [1.54, 1.807) is 13.0 Å². The lowest BCUT2D eigenvalue weighted by molar-refractivity contribution is 0.0680. The van der Waals surface area contributed by atoms with Gasteiger partial charge in [0.15, 0.2) is 5.76 Å². The zero-order valence-corrected chi connectivity index (χ0v) is 11.9. The molecule has 116 valence electrons. The Morgan fingerprint density at radius 3 is 2.82 bits per heavy atom. The molecule has 0 bridgehead atoms. The smallest absolute Gasteiger partial charge is 0.290 e. The van der Waals surface area contributed by atoms with Crippen molar-refractivity contribution in [2.24, 2.45) is 0 Å². The van der Waals surface area contributed by atoms with Gasteiger partial charge in [0.2, 0.25) is 0 Å². The van der Waals surface area contributed by atoms with Crippen LogP contribution < -0.4 is 0 Å². The number of carbonyl (C=O) groups is 1. The minimum atomic E-state index is -0.785. The lowest BCUT2D eigenvalue weighted by atomic mass is 10.0. The van der Waals surface area contributed by atoms with E-state index in [9.17, 15) is 18.7 Å². The van der Waals surface area contributed by atoms with Crippen molar-refractivity contribution < 1.29 is 23.1 Å². The van der Waals surface area contributed by atoms with E-state index in [2.05, 4.69) is 0 Å². The van der Waals surface area contributed by atoms with Crippen molar-refractivity contribution in [2.75, 3.05) is 6.54 Å². The van der Waals surface area contributed by atoms with Crippen LogP contribution in [-0.2, 0) is 0 Å². The van der Waals surface area contributed by atoms with Crippen molar-refractivity contribution in [3.63, 3.8) is 0 Å². The molecule has 1 aromatic carbocycles. The second-order valence-electron chi connectivity index (χ2n) is 5.46. The molecule has 1 fully saturated rings. The van der Waals surface area contributed by atoms with Crippen LogP contribution in [0.3, 0.4) is 0 Å². The molecular formula is C16H15F2NO3. The number of likely N-dealkylation sites (tertiary alicyclic amines) is 1. The summed E-state index contributed by atoms with van der Waals surface area (Å²) < 4.78 is 32.6. The van der Waals surface area contributed by atoms with Crippen LogP contribution in [0.5, 0.6) is 0 Å². The molecule has 3 rings (SSSR count). The molecular weight excluding hydrogens is 292 g/mol. The minimum absolute atomic E-state index is 0.0552. The van der Waals surface area contributed by atoms with Crippen molar-refractivity contribution in [1.29, 1.82) is 0 Å². The number of nitrogens with zero attached hydrogens (tertiary/aromatic N) is 1. The number of amides is 1. The van der Waals surface area contributed by atoms with Gasteiger partial charge in [0.25, 0.3) is 5.91 Å². The molecule has 1 aliphatic heterocycles. The van der Waals surface area contributed by atoms with E-state index in [0.717, 1.165) is 18.2 Å². The highest BCUT2D eigenvalue weighted by Gasteiger charge is 2.38. The summed E-state index contributed by atoms with van der Waals surface area (Å²) in [6.07, 6.45) is 0.769. The average Bonchev–Trinajstić information content (AvgIpc) is 3.07. The van der Waals surface area contributed by atoms with E-state index in [-0.39, 0.29) is 24.3 Å². The summed E-state index contributed by atoms with van der Waals surface area (Å²) in [7, 11) is 0. The molecule has 1 amide bonds. The number of rotatable bonds is 2. The van der Waals surface area contributed by atoms with E-state index >= 15 is 0 Å². The maximum Gasteiger partial charge on any atom is 0.290 e. The highest BCUT2D eigenvalue weighted by Crippen LogP contribution is 2.35. The van der Waals surface area contributed by atoms with Gasteiger partial charge in [-0.15, -0.1) is 0 Å². The van der Waals surface area contributed by atoms with Crippen molar-refractivity contribution in [3.05, 3.63) is 59.1 Å². The van der Waals surface area contributed by atoms with Gasteiger partial charge in [-0.25, -0.2) is 8.78 Å². The molecule has 0 spiro atoms. The van der Waals surface area contributed by atoms with Crippen LogP contribution in [0.15, 0.2) is 34.9 Å². The van der Waals surface area contributed by atoms with Crippen LogP contribution in [-0.4, -0.2) is 28.6 Å². The van der Waals surface area contributed by atoms with Gasteiger partial charge in [-0.2, -0.15) is 0 Å². The Morgan fingerprint density at radius 1 is 1.36 bits per heavy atom. The lowest BCUT2D eigenvalue weighted by Crippen LogP contribution is -2.32. The molecule has 0 saturated carbocycles. The largest absolute Gasteiger partial charge is 0.459 e. The predicted octanol–water partition coefficient (Wildman–Crippen LogP) is 2.81. The first kappa shape index (κ1) is 14.7. The zero-order valence-electron chi connectivity index (χ0n) is 11.9. The number of aliphatic hydroxyl groups is 1. The number of hydrogen-bond donors (Lipinski definition) is 1. The van der Waals surface area contributed by atoms with E-state index in [4.69, 9.17) is 4.42 Å². The third-order valence-electron chi connectivity index (χ3n) is 3.91. The molecule has 2 atom stereocenters. The fourth-order valence-corrected chi connectivity index (χ4v) is 2.83. The molecule has 6 heteroatoms. The number of carbonyl (C=O) groups excluding carboxylic acids is 1. The monoisotopic (exact) mass is 307 g/mol. The van der Waals surface area contributed by atoms with Crippen LogP contribution in [0.2, 0.25) is 0 Å². The molecule has 0 aliphatic carbocycles. The molecule has 2 aromatic rings. The maximum absolute atomic E-state index is 14.0. The normalized spacial score (nSPS) is 21.4. The van der Waals surface area contributed by atoms with Gasteiger partial charge in [-0.1, -0.05) is 0 Å². The van der Waals surface area contributed by atoms with Crippen molar-refractivity contribution >= 4 is 5.91 Å². The minimum Gasteiger partial charge on any atom is -0.459 e. The summed E-state index contributed by atoms with van der Waals surface area (Å²) in [6, 6.07) is 4.04. The molecule has 2 unspecified atom stereocenters. The highest BCUT2D eigenvalue weighted by molar-refractivity contribution is 5.93. The topological polar surface area (TPSA) is 53.7 Å². The van der Waals surface area contributed by atoms with E-state index in [0.29, 0.717) is 5.56 Å². The number of furan rings is 1. The van der Waals surface area contributed by atoms with Gasteiger partial charge in [0, 0.05) is 17.7 Å². The lowest BCUT2D eigenvalue weighted by Gasteiger charge is -2.24. The highest BCUT2D eigenvalue weighted by atomic mass is 19.1. The molecule has 22 heavy (non-hydrogen) atoms. The second-order valence-corrected chi connectivity index (χ2v) is 5.46. The summed E-state index contributed by atoms with van der Waals surface area (Å²) in [4.78, 5) is 13.9. The average molecular weight is 307 g/mol. The zero-order chi connectivity index (χ0) is 15.9. The fraction of sp³-hybridized carbons (Fsp3) is 0.312. The SMILES string of the molecule is Cc1ccoc1C(=O)N1CC(O)CC1c1cc(F)ccc1F. The Hall–Kier alpha value is -2.21. The summed E-state index contributed by atoms with van der Waals surface area (Å²) in [5.74, 6) is -1.47. The fourth-order valence-electron chi connectivity index (χ4n) is 2.83. The third-order valence-corrected chi connectivity index (χ3v) is 3.91. The van der Waals surface area contributed by atoms with Crippen molar-refractivity contribution in [1.82, 2.24) is 4.90 Å². The molecule has 1 saturated heterocycles. The number of aliphatic hydroxyl groups excluding tert-OH is 1. The molecule has 4 nitrogen and oxygen atoms in total. The second kappa shape index (κ2) is 5.53. The summed E-state index contributed by atoms with van der Waals surface area (Å²) in [5.41, 5.74) is 0.721. The first-order chi connectivity index (χ1) is 10.5. The number of benzene rings is 1. The third kappa shape index (κ3) is 2.50.